The molecular formula is C14H21NO2. The van der Waals surface area contributed by atoms with Crippen LogP contribution in [0.1, 0.15) is 30.5 Å². The average Bonchev–Trinajstić information content (AvgIpc) is 2.34. The van der Waals surface area contributed by atoms with E-state index in [2.05, 4.69) is 24.4 Å². The molecule has 17 heavy (non-hydrogen) atoms. The SMILES string of the molecule is CCC(C(=O)OC)C(NC)c1cccc(C)c1. The maximum Gasteiger partial charge on any atom is 0.310 e. The van der Waals surface area contributed by atoms with Crippen LogP contribution in [0.5, 0.6) is 0 Å². The minimum atomic E-state index is -0.159. The first-order valence-corrected chi connectivity index (χ1v) is 5.95. The molecule has 2 atom stereocenters. The highest BCUT2D eigenvalue weighted by atomic mass is 16.5. The monoisotopic (exact) mass is 235 g/mol. The predicted molar refractivity (Wildman–Crippen MR) is 68.8 cm³/mol. The van der Waals surface area contributed by atoms with E-state index in [-0.39, 0.29) is 17.9 Å². The standard InChI is InChI=1S/C14H21NO2/c1-5-12(14(16)17-4)13(15-3)11-8-6-7-10(2)9-11/h6-9,12-13,15H,5H2,1-4H3. The van der Waals surface area contributed by atoms with Gasteiger partial charge in [0.05, 0.1) is 13.0 Å². The molecule has 0 aliphatic carbocycles. The fraction of sp³-hybridized carbons (Fsp3) is 0.500. The largest absolute Gasteiger partial charge is 0.469 e. The van der Waals surface area contributed by atoms with Crippen molar-refractivity contribution in [3.05, 3.63) is 35.4 Å². The quantitative estimate of drug-likeness (QED) is 0.797. The molecule has 0 amide bonds. The fourth-order valence-electron chi connectivity index (χ4n) is 2.15. The van der Waals surface area contributed by atoms with Crippen molar-refractivity contribution in [2.24, 2.45) is 5.92 Å². The maximum atomic E-state index is 11.7. The van der Waals surface area contributed by atoms with Gasteiger partial charge in [0.1, 0.15) is 0 Å². The summed E-state index contributed by atoms with van der Waals surface area (Å²) in [6, 6.07) is 8.22. The van der Waals surface area contributed by atoms with Gasteiger partial charge < -0.3 is 10.1 Å². The number of nitrogens with one attached hydrogen (secondary N) is 1. The summed E-state index contributed by atoms with van der Waals surface area (Å²) >= 11 is 0. The molecule has 3 nitrogen and oxygen atoms in total. The second-order valence-corrected chi connectivity index (χ2v) is 4.22. The van der Waals surface area contributed by atoms with Crippen molar-refractivity contribution in [3.63, 3.8) is 0 Å². The van der Waals surface area contributed by atoms with E-state index in [1.165, 1.54) is 12.7 Å². The first-order chi connectivity index (χ1) is 8.13. The Bertz CT molecular complexity index is 376. The number of carbonyl (C=O) groups is 1. The Morgan fingerprint density at radius 2 is 2.18 bits per heavy atom. The lowest BCUT2D eigenvalue weighted by atomic mass is 9.90. The average molecular weight is 235 g/mol. The van der Waals surface area contributed by atoms with Gasteiger partial charge in [0.25, 0.3) is 0 Å². The molecule has 1 aromatic rings. The van der Waals surface area contributed by atoms with Crippen molar-refractivity contribution < 1.29 is 9.53 Å². The Balaban J connectivity index is 3.00. The van der Waals surface area contributed by atoms with Gasteiger partial charge in [0, 0.05) is 6.04 Å². The van der Waals surface area contributed by atoms with Crippen molar-refractivity contribution in [2.45, 2.75) is 26.3 Å². The van der Waals surface area contributed by atoms with Gasteiger partial charge in [-0.2, -0.15) is 0 Å². The van der Waals surface area contributed by atoms with Crippen LogP contribution >= 0.6 is 0 Å². The zero-order valence-electron chi connectivity index (χ0n) is 11.0. The molecule has 0 spiro atoms. The van der Waals surface area contributed by atoms with E-state index < -0.39 is 0 Å². The van der Waals surface area contributed by atoms with E-state index in [1.54, 1.807) is 0 Å². The van der Waals surface area contributed by atoms with Gasteiger partial charge in [-0.3, -0.25) is 4.79 Å². The minimum absolute atomic E-state index is 0.00681. The first-order valence-electron chi connectivity index (χ1n) is 5.95. The summed E-state index contributed by atoms with van der Waals surface area (Å²) in [6.07, 6.45) is 0.756. The smallest absolute Gasteiger partial charge is 0.310 e. The number of benzene rings is 1. The minimum Gasteiger partial charge on any atom is -0.469 e. The molecule has 0 saturated heterocycles. The molecule has 0 aliphatic heterocycles. The van der Waals surface area contributed by atoms with Crippen molar-refractivity contribution in [1.29, 1.82) is 0 Å². The Morgan fingerprint density at radius 1 is 1.47 bits per heavy atom. The summed E-state index contributed by atoms with van der Waals surface area (Å²) in [5.74, 6) is -0.305. The molecule has 0 saturated carbocycles. The van der Waals surface area contributed by atoms with Crippen LogP contribution < -0.4 is 5.32 Å². The van der Waals surface area contributed by atoms with E-state index in [9.17, 15) is 4.79 Å². The van der Waals surface area contributed by atoms with Gasteiger partial charge in [-0.25, -0.2) is 0 Å². The summed E-state index contributed by atoms with van der Waals surface area (Å²) in [5, 5.41) is 3.21. The van der Waals surface area contributed by atoms with Crippen LogP contribution in [0.4, 0.5) is 0 Å². The third-order valence-electron chi connectivity index (χ3n) is 3.06. The molecule has 94 valence electrons. The van der Waals surface area contributed by atoms with Crippen LogP contribution in [-0.4, -0.2) is 20.1 Å². The lowest BCUT2D eigenvalue weighted by molar-refractivity contribution is -0.146. The molecule has 0 radical (unpaired) electrons. The van der Waals surface area contributed by atoms with Gasteiger partial charge in [-0.15, -0.1) is 0 Å². The van der Waals surface area contributed by atoms with Crippen molar-refractivity contribution >= 4 is 5.97 Å². The summed E-state index contributed by atoms with van der Waals surface area (Å²) in [4.78, 5) is 11.7. The van der Waals surface area contributed by atoms with Crippen LogP contribution in [0.3, 0.4) is 0 Å². The number of hydrogen-bond donors (Lipinski definition) is 1. The molecule has 1 aromatic carbocycles. The lowest BCUT2D eigenvalue weighted by Gasteiger charge is -2.24. The summed E-state index contributed by atoms with van der Waals surface area (Å²) in [7, 11) is 3.31. The van der Waals surface area contributed by atoms with Gasteiger partial charge in [-0.1, -0.05) is 36.8 Å². The molecule has 1 rings (SSSR count). The predicted octanol–water partition coefficient (Wildman–Crippen LogP) is 2.45. The number of rotatable bonds is 5. The Labute approximate surface area is 103 Å². The summed E-state index contributed by atoms with van der Waals surface area (Å²) < 4.78 is 4.86. The van der Waals surface area contributed by atoms with E-state index in [4.69, 9.17) is 4.74 Å². The second kappa shape index (κ2) is 6.40. The van der Waals surface area contributed by atoms with E-state index >= 15 is 0 Å². The lowest BCUT2D eigenvalue weighted by Crippen LogP contribution is -2.31. The third-order valence-corrected chi connectivity index (χ3v) is 3.06. The van der Waals surface area contributed by atoms with E-state index in [1.807, 2.05) is 26.1 Å². The highest BCUT2D eigenvalue weighted by Crippen LogP contribution is 2.26. The van der Waals surface area contributed by atoms with Crippen LogP contribution in [-0.2, 0) is 9.53 Å². The summed E-state index contributed by atoms with van der Waals surface area (Å²) in [6.45, 7) is 4.05. The summed E-state index contributed by atoms with van der Waals surface area (Å²) in [5.41, 5.74) is 2.33. The zero-order valence-corrected chi connectivity index (χ0v) is 11.0. The number of methoxy groups -OCH3 is 1. The highest BCUT2D eigenvalue weighted by molar-refractivity contribution is 5.73. The number of ether oxygens (including phenoxy) is 1. The molecule has 0 heterocycles. The third kappa shape index (κ3) is 3.30. The van der Waals surface area contributed by atoms with Gasteiger partial charge in [-0.05, 0) is 26.0 Å². The van der Waals surface area contributed by atoms with Gasteiger partial charge in [0.2, 0.25) is 0 Å². The number of esters is 1. The van der Waals surface area contributed by atoms with Crippen LogP contribution in [0.2, 0.25) is 0 Å². The second-order valence-electron chi connectivity index (χ2n) is 4.22. The van der Waals surface area contributed by atoms with Crippen LogP contribution in [0, 0.1) is 12.8 Å². The number of hydrogen-bond acceptors (Lipinski definition) is 3. The Hall–Kier alpha value is -1.35. The fourth-order valence-corrected chi connectivity index (χ4v) is 2.15. The molecule has 0 aromatic heterocycles. The molecule has 0 aliphatic rings. The normalized spacial score (nSPS) is 14.1. The first kappa shape index (κ1) is 13.7. The van der Waals surface area contributed by atoms with Crippen molar-refractivity contribution in [1.82, 2.24) is 5.32 Å². The number of carbonyl (C=O) groups excluding carboxylic acids is 1. The molecule has 0 fully saturated rings. The maximum absolute atomic E-state index is 11.7. The molecule has 3 heteroatoms. The Kier molecular flexibility index (Phi) is 5.16. The van der Waals surface area contributed by atoms with E-state index in [0.29, 0.717) is 0 Å². The van der Waals surface area contributed by atoms with Crippen LogP contribution in [0.15, 0.2) is 24.3 Å². The number of aryl methyl sites for hydroxylation is 1. The zero-order chi connectivity index (χ0) is 12.8. The molecule has 0 bridgehead atoms. The van der Waals surface area contributed by atoms with Crippen LogP contribution in [0.25, 0.3) is 0 Å². The van der Waals surface area contributed by atoms with Crippen molar-refractivity contribution in [2.75, 3.05) is 14.2 Å². The van der Waals surface area contributed by atoms with Gasteiger partial charge in [0.15, 0.2) is 0 Å². The molecule has 2 unspecified atom stereocenters. The Morgan fingerprint density at radius 3 is 2.65 bits per heavy atom. The molecule has 1 N–H and O–H groups in total. The molecular weight excluding hydrogens is 214 g/mol. The van der Waals surface area contributed by atoms with Gasteiger partial charge >= 0.3 is 5.97 Å². The van der Waals surface area contributed by atoms with E-state index in [0.717, 1.165) is 12.0 Å². The topological polar surface area (TPSA) is 38.3 Å². The van der Waals surface area contributed by atoms with Crippen molar-refractivity contribution in [3.8, 4) is 0 Å². The highest BCUT2D eigenvalue weighted by Gasteiger charge is 2.27.